The van der Waals surface area contributed by atoms with Crippen molar-refractivity contribution in [3.8, 4) is 0 Å². The van der Waals surface area contributed by atoms with E-state index in [1.165, 1.54) is 0 Å². The van der Waals surface area contributed by atoms with Crippen molar-refractivity contribution in [2.24, 2.45) is 0 Å². The van der Waals surface area contributed by atoms with Crippen LogP contribution in [0.2, 0.25) is 0 Å². The number of aromatic nitrogens is 2. The van der Waals surface area contributed by atoms with Gasteiger partial charge in [0.2, 0.25) is 0 Å². The Morgan fingerprint density at radius 1 is 1.50 bits per heavy atom. The van der Waals surface area contributed by atoms with Crippen LogP contribution in [0.5, 0.6) is 0 Å². The van der Waals surface area contributed by atoms with Crippen molar-refractivity contribution in [2.75, 3.05) is 6.61 Å². The number of hydrogen-bond acceptors (Lipinski definition) is 3. The first kappa shape index (κ1) is 7.24. The molecule has 0 atom stereocenters. The van der Waals surface area contributed by atoms with Gasteiger partial charge in [0.1, 0.15) is 12.4 Å². The minimum Gasteiger partial charge on any atom is -0.395 e. The summed E-state index contributed by atoms with van der Waals surface area (Å²) in [5.41, 5.74) is 0. The zero-order valence-electron chi connectivity index (χ0n) is 5.56. The van der Waals surface area contributed by atoms with E-state index >= 15 is 0 Å². The Morgan fingerprint density at radius 3 is 2.90 bits per heavy atom. The van der Waals surface area contributed by atoms with Gasteiger partial charge in [-0.15, -0.1) is 0 Å². The van der Waals surface area contributed by atoms with Gasteiger partial charge in [0, 0.05) is 18.9 Å². The molecule has 0 amide bonds. The molecule has 0 fully saturated rings. The molecule has 0 bridgehead atoms. The fourth-order valence-corrected chi connectivity index (χ4v) is 0.803. The lowest BCUT2D eigenvalue weighted by molar-refractivity contribution is 0.247. The summed E-state index contributed by atoms with van der Waals surface area (Å²) in [4.78, 5) is 3.86. The summed E-state index contributed by atoms with van der Waals surface area (Å²) < 4.78 is 1.71. The standard InChI is InChI=1S/C6H10N2O2/c9-4-3-8-2-1-7-6(8)5-10/h1-2,9-10H,3-5H2. The SMILES string of the molecule is OCCn1ccnc1CO. The van der Waals surface area contributed by atoms with Crippen LogP contribution in [0.25, 0.3) is 0 Å². The van der Waals surface area contributed by atoms with E-state index < -0.39 is 0 Å². The fourth-order valence-electron chi connectivity index (χ4n) is 0.803. The monoisotopic (exact) mass is 142 g/mol. The molecule has 1 rings (SSSR count). The molecule has 10 heavy (non-hydrogen) atoms. The van der Waals surface area contributed by atoms with Gasteiger partial charge in [0.15, 0.2) is 0 Å². The molecule has 1 heterocycles. The maximum atomic E-state index is 8.67. The molecule has 4 nitrogen and oxygen atoms in total. The molecule has 0 aromatic carbocycles. The Kier molecular flexibility index (Phi) is 2.42. The van der Waals surface area contributed by atoms with Crippen molar-refractivity contribution in [3.63, 3.8) is 0 Å². The number of nitrogens with zero attached hydrogens (tertiary/aromatic N) is 2. The maximum Gasteiger partial charge on any atom is 0.134 e. The Bertz CT molecular complexity index is 197. The second kappa shape index (κ2) is 3.34. The average molecular weight is 142 g/mol. The predicted molar refractivity (Wildman–Crippen MR) is 35.2 cm³/mol. The van der Waals surface area contributed by atoms with Crippen molar-refractivity contribution in [2.45, 2.75) is 13.2 Å². The number of rotatable bonds is 3. The summed E-state index contributed by atoms with van der Waals surface area (Å²) in [6, 6.07) is 0. The van der Waals surface area contributed by atoms with E-state index in [-0.39, 0.29) is 13.2 Å². The third-order valence-corrected chi connectivity index (χ3v) is 1.28. The average Bonchev–Trinajstić information content (AvgIpc) is 2.36. The van der Waals surface area contributed by atoms with Gasteiger partial charge in [0.05, 0.1) is 6.61 Å². The van der Waals surface area contributed by atoms with Gasteiger partial charge in [-0.1, -0.05) is 0 Å². The quantitative estimate of drug-likeness (QED) is 0.590. The summed E-state index contributed by atoms with van der Waals surface area (Å²) in [5.74, 6) is 0.592. The van der Waals surface area contributed by atoms with Crippen LogP contribution in [0.15, 0.2) is 12.4 Å². The molecule has 2 N–H and O–H groups in total. The molecule has 0 aliphatic heterocycles. The molecule has 0 saturated heterocycles. The molecule has 0 aliphatic carbocycles. The Labute approximate surface area is 58.8 Å². The van der Waals surface area contributed by atoms with Gasteiger partial charge in [-0.2, -0.15) is 0 Å². The smallest absolute Gasteiger partial charge is 0.134 e. The highest BCUT2D eigenvalue weighted by molar-refractivity contribution is 4.89. The molecule has 1 aromatic heterocycles. The number of aliphatic hydroxyl groups is 2. The zero-order chi connectivity index (χ0) is 7.40. The molecule has 0 spiro atoms. The van der Waals surface area contributed by atoms with E-state index in [4.69, 9.17) is 10.2 Å². The van der Waals surface area contributed by atoms with Gasteiger partial charge >= 0.3 is 0 Å². The van der Waals surface area contributed by atoms with Crippen LogP contribution < -0.4 is 0 Å². The lowest BCUT2D eigenvalue weighted by Crippen LogP contribution is -2.05. The number of aliphatic hydroxyl groups excluding tert-OH is 2. The van der Waals surface area contributed by atoms with E-state index in [2.05, 4.69) is 4.98 Å². The van der Waals surface area contributed by atoms with E-state index in [0.717, 1.165) is 0 Å². The Balaban J connectivity index is 2.70. The second-order valence-corrected chi connectivity index (χ2v) is 1.92. The third kappa shape index (κ3) is 1.34. The molecule has 4 heteroatoms. The van der Waals surface area contributed by atoms with Crippen LogP contribution in [0, 0.1) is 0 Å². The molecule has 56 valence electrons. The molecular formula is C6H10N2O2. The first-order chi connectivity index (χ1) is 4.88. The van der Waals surface area contributed by atoms with Crippen molar-refractivity contribution in [3.05, 3.63) is 18.2 Å². The Hall–Kier alpha value is -0.870. The number of imidazole rings is 1. The third-order valence-electron chi connectivity index (χ3n) is 1.28. The number of hydrogen-bond donors (Lipinski definition) is 2. The van der Waals surface area contributed by atoms with Gasteiger partial charge < -0.3 is 14.8 Å². The van der Waals surface area contributed by atoms with Gasteiger partial charge in [-0.05, 0) is 0 Å². The van der Waals surface area contributed by atoms with Crippen molar-refractivity contribution in [1.82, 2.24) is 9.55 Å². The summed E-state index contributed by atoms with van der Waals surface area (Å²) in [5, 5.41) is 17.2. The van der Waals surface area contributed by atoms with E-state index in [1.54, 1.807) is 17.0 Å². The van der Waals surface area contributed by atoms with E-state index in [9.17, 15) is 0 Å². The largest absolute Gasteiger partial charge is 0.395 e. The van der Waals surface area contributed by atoms with Crippen molar-refractivity contribution in [1.29, 1.82) is 0 Å². The predicted octanol–water partition coefficient (Wildman–Crippen LogP) is -0.632. The minimum absolute atomic E-state index is 0.0728. The highest BCUT2D eigenvalue weighted by Gasteiger charge is 1.97. The first-order valence-corrected chi connectivity index (χ1v) is 3.10. The van der Waals surface area contributed by atoms with Crippen LogP contribution >= 0.6 is 0 Å². The van der Waals surface area contributed by atoms with Crippen molar-refractivity contribution >= 4 is 0 Å². The second-order valence-electron chi connectivity index (χ2n) is 1.92. The normalized spacial score (nSPS) is 10.2. The highest BCUT2D eigenvalue weighted by atomic mass is 16.3. The topological polar surface area (TPSA) is 58.3 Å². The van der Waals surface area contributed by atoms with Crippen LogP contribution in [-0.4, -0.2) is 26.4 Å². The van der Waals surface area contributed by atoms with Gasteiger partial charge in [-0.25, -0.2) is 4.98 Å². The fraction of sp³-hybridized carbons (Fsp3) is 0.500. The molecule has 0 radical (unpaired) electrons. The highest BCUT2D eigenvalue weighted by Crippen LogP contribution is 1.95. The molecule has 1 aromatic rings. The summed E-state index contributed by atoms with van der Waals surface area (Å²) in [7, 11) is 0. The van der Waals surface area contributed by atoms with Crippen LogP contribution in [0.4, 0.5) is 0 Å². The van der Waals surface area contributed by atoms with Crippen LogP contribution in [0.1, 0.15) is 5.82 Å². The maximum absolute atomic E-state index is 8.67. The van der Waals surface area contributed by atoms with Crippen molar-refractivity contribution < 1.29 is 10.2 Å². The van der Waals surface area contributed by atoms with Gasteiger partial charge in [-0.3, -0.25) is 0 Å². The van der Waals surface area contributed by atoms with E-state index in [1.807, 2.05) is 0 Å². The molecular weight excluding hydrogens is 132 g/mol. The van der Waals surface area contributed by atoms with Gasteiger partial charge in [0.25, 0.3) is 0 Å². The summed E-state index contributed by atoms with van der Waals surface area (Å²) in [6.45, 7) is 0.492. The zero-order valence-corrected chi connectivity index (χ0v) is 5.56. The summed E-state index contributed by atoms with van der Waals surface area (Å²) in [6.07, 6.45) is 3.32. The molecule has 0 unspecified atom stereocenters. The van der Waals surface area contributed by atoms with Crippen LogP contribution in [0.3, 0.4) is 0 Å². The molecule has 0 saturated carbocycles. The van der Waals surface area contributed by atoms with E-state index in [0.29, 0.717) is 12.4 Å². The lowest BCUT2D eigenvalue weighted by atomic mass is 10.6. The lowest BCUT2D eigenvalue weighted by Gasteiger charge is -2.01. The Morgan fingerprint density at radius 2 is 2.30 bits per heavy atom. The molecule has 0 aliphatic rings. The first-order valence-electron chi connectivity index (χ1n) is 3.10. The van der Waals surface area contributed by atoms with Crippen LogP contribution in [-0.2, 0) is 13.2 Å². The minimum atomic E-state index is -0.0764. The summed E-state index contributed by atoms with van der Waals surface area (Å²) >= 11 is 0.